The zero-order valence-corrected chi connectivity index (χ0v) is 14.2. The lowest BCUT2D eigenvalue weighted by atomic mass is 9.94. The van der Waals surface area contributed by atoms with Crippen LogP contribution in [0.4, 0.5) is 0 Å². The van der Waals surface area contributed by atoms with Gasteiger partial charge in [0.05, 0.1) is 25.9 Å². The Morgan fingerprint density at radius 2 is 2.00 bits per heavy atom. The lowest BCUT2D eigenvalue weighted by molar-refractivity contribution is -0.198. The van der Waals surface area contributed by atoms with E-state index >= 15 is 0 Å². The topological polar surface area (TPSA) is 47.9 Å². The van der Waals surface area contributed by atoms with Gasteiger partial charge in [-0.2, -0.15) is 0 Å². The van der Waals surface area contributed by atoms with Gasteiger partial charge in [0.25, 0.3) is 0 Å². The Hall–Kier alpha value is -1.20. The molecule has 2 aliphatic rings. The summed E-state index contributed by atoms with van der Waals surface area (Å²) < 4.78 is 17.8. The molecule has 4 heteroatoms. The zero-order chi connectivity index (χ0) is 16.8. The summed E-state index contributed by atoms with van der Waals surface area (Å²) in [5.74, 6) is -0.624. The van der Waals surface area contributed by atoms with E-state index in [2.05, 4.69) is 6.58 Å². The Morgan fingerprint density at radius 1 is 1.25 bits per heavy atom. The van der Waals surface area contributed by atoms with Crippen molar-refractivity contribution in [3.05, 3.63) is 48.6 Å². The molecule has 3 rings (SSSR count). The average molecular weight is 332 g/mol. The van der Waals surface area contributed by atoms with Crippen molar-refractivity contribution in [2.45, 2.75) is 56.7 Å². The highest BCUT2D eigenvalue weighted by molar-refractivity contribution is 5.13. The summed E-state index contributed by atoms with van der Waals surface area (Å²) in [6.07, 6.45) is 6.17. The number of benzene rings is 1. The molecule has 1 aromatic rings. The first kappa shape index (κ1) is 17.6. The van der Waals surface area contributed by atoms with Gasteiger partial charge in [0, 0.05) is 18.8 Å². The third-order valence-corrected chi connectivity index (χ3v) is 5.04. The molecule has 132 valence electrons. The quantitative estimate of drug-likeness (QED) is 0.777. The van der Waals surface area contributed by atoms with Crippen molar-refractivity contribution < 1.29 is 19.3 Å². The van der Waals surface area contributed by atoms with Gasteiger partial charge in [0.15, 0.2) is 5.79 Å². The largest absolute Gasteiger partial charge is 0.390 e. The van der Waals surface area contributed by atoms with Crippen LogP contribution in [0.15, 0.2) is 43.0 Å². The predicted molar refractivity (Wildman–Crippen MR) is 92.4 cm³/mol. The minimum Gasteiger partial charge on any atom is -0.390 e. The molecule has 1 aromatic carbocycles. The van der Waals surface area contributed by atoms with E-state index in [1.54, 1.807) is 6.08 Å². The van der Waals surface area contributed by atoms with Crippen molar-refractivity contribution in [2.24, 2.45) is 5.92 Å². The molecule has 0 unspecified atom stereocenters. The van der Waals surface area contributed by atoms with E-state index in [9.17, 15) is 5.11 Å². The number of aliphatic hydroxyl groups excluding tert-OH is 1. The lowest BCUT2D eigenvalue weighted by Crippen LogP contribution is -2.39. The average Bonchev–Trinajstić information content (AvgIpc) is 3.03. The molecular formula is C20H28O4. The normalized spacial score (nSPS) is 25.5. The molecule has 1 aliphatic carbocycles. The van der Waals surface area contributed by atoms with Crippen LogP contribution in [0.1, 0.15) is 37.7 Å². The second-order valence-corrected chi connectivity index (χ2v) is 6.83. The number of hydrogen-bond acceptors (Lipinski definition) is 4. The monoisotopic (exact) mass is 332 g/mol. The smallest absolute Gasteiger partial charge is 0.169 e. The van der Waals surface area contributed by atoms with Gasteiger partial charge in [-0.15, -0.1) is 6.58 Å². The van der Waals surface area contributed by atoms with E-state index in [0.29, 0.717) is 19.8 Å². The molecule has 3 atom stereocenters. The SMILES string of the molecule is C=C[C@@H](COCc1ccccc1)[C@H](O)[C@H]1COC2(CCCCC2)O1. The van der Waals surface area contributed by atoms with Crippen molar-refractivity contribution in [3.8, 4) is 0 Å². The fourth-order valence-electron chi connectivity index (χ4n) is 3.57. The van der Waals surface area contributed by atoms with E-state index in [4.69, 9.17) is 14.2 Å². The van der Waals surface area contributed by atoms with E-state index in [1.807, 2.05) is 30.3 Å². The molecule has 0 aromatic heterocycles. The standard InChI is InChI=1S/C20H28O4/c1-2-17(14-22-13-16-9-5-3-6-10-16)19(21)18-15-23-20(24-18)11-7-4-8-12-20/h2-3,5-6,9-10,17-19,21H,1,4,7-8,11-15H2/t17-,18+,19-/m0/s1. The maximum atomic E-state index is 10.7. The first-order chi connectivity index (χ1) is 11.7. The lowest BCUT2D eigenvalue weighted by Gasteiger charge is -2.33. The van der Waals surface area contributed by atoms with Crippen molar-refractivity contribution in [3.63, 3.8) is 0 Å². The number of hydrogen-bond donors (Lipinski definition) is 1. The first-order valence-corrected chi connectivity index (χ1v) is 8.96. The molecule has 1 N–H and O–H groups in total. The van der Waals surface area contributed by atoms with Crippen molar-refractivity contribution in [2.75, 3.05) is 13.2 Å². The summed E-state index contributed by atoms with van der Waals surface area (Å²) in [6.45, 7) is 5.25. The third-order valence-electron chi connectivity index (χ3n) is 5.04. The Bertz CT molecular complexity index is 510. The van der Waals surface area contributed by atoms with Gasteiger partial charge in [-0.25, -0.2) is 0 Å². The molecule has 1 aliphatic heterocycles. The Morgan fingerprint density at radius 3 is 2.71 bits per heavy atom. The van der Waals surface area contributed by atoms with Gasteiger partial charge < -0.3 is 19.3 Å². The second kappa shape index (κ2) is 8.26. The maximum Gasteiger partial charge on any atom is 0.169 e. The van der Waals surface area contributed by atoms with Crippen LogP contribution in [0.5, 0.6) is 0 Å². The molecule has 0 bridgehead atoms. The highest BCUT2D eigenvalue weighted by Gasteiger charge is 2.45. The highest BCUT2D eigenvalue weighted by atomic mass is 16.7. The van der Waals surface area contributed by atoms with Crippen LogP contribution >= 0.6 is 0 Å². The van der Waals surface area contributed by atoms with Crippen LogP contribution in [-0.2, 0) is 20.8 Å². The number of aliphatic hydroxyl groups is 1. The molecule has 1 spiro atoms. The zero-order valence-electron chi connectivity index (χ0n) is 14.2. The third kappa shape index (κ3) is 4.25. The summed E-state index contributed by atoms with van der Waals surface area (Å²) in [4.78, 5) is 0. The highest BCUT2D eigenvalue weighted by Crippen LogP contribution is 2.39. The van der Waals surface area contributed by atoms with Crippen molar-refractivity contribution in [1.82, 2.24) is 0 Å². The second-order valence-electron chi connectivity index (χ2n) is 6.83. The molecule has 24 heavy (non-hydrogen) atoms. The number of rotatable bonds is 7. The number of ether oxygens (including phenoxy) is 3. The fraction of sp³-hybridized carbons (Fsp3) is 0.600. The summed E-state index contributed by atoms with van der Waals surface area (Å²) >= 11 is 0. The summed E-state index contributed by atoms with van der Waals surface area (Å²) in [6, 6.07) is 10.0. The van der Waals surface area contributed by atoms with Gasteiger partial charge in [-0.1, -0.05) is 42.8 Å². The van der Waals surface area contributed by atoms with Gasteiger partial charge in [0.1, 0.15) is 6.10 Å². The van der Waals surface area contributed by atoms with Crippen molar-refractivity contribution in [1.29, 1.82) is 0 Å². The fourth-order valence-corrected chi connectivity index (χ4v) is 3.57. The molecule has 1 heterocycles. The van der Waals surface area contributed by atoms with Crippen LogP contribution in [0, 0.1) is 5.92 Å². The van der Waals surface area contributed by atoms with E-state index < -0.39 is 11.9 Å². The van der Waals surface area contributed by atoms with Gasteiger partial charge in [-0.3, -0.25) is 0 Å². The van der Waals surface area contributed by atoms with E-state index in [1.165, 1.54) is 6.42 Å². The Kier molecular flexibility index (Phi) is 6.06. The van der Waals surface area contributed by atoms with E-state index in [0.717, 1.165) is 31.2 Å². The predicted octanol–water partition coefficient (Wildman–Crippen LogP) is 3.44. The molecule has 1 saturated heterocycles. The van der Waals surface area contributed by atoms with Crippen LogP contribution in [0.3, 0.4) is 0 Å². The van der Waals surface area contributed by atoms with Gasteiger partial charge >= 0.3 is 0 Å². The van der Waals surface area contributed by atoms with Crippen LogP contribution in [0.25, 0.3) is 0 Å². The van der Waals surface area contributed by atoms with Crippen LogP contribution in [-0.4, -0.2) is 36.3 Å². The van der Waals surface area contributed by atoms with Gasteiger partial charge in [0.2, 0.25) is 0 Å². The Labute approximate surface area is 144 Å². The molecule has 0 amide bonds. The minimum absolute atomic E-state index is 0.166. The summed E-state index contributed by atoms with van der Waals surface area (Å²) in [5, 5.41) is 10.7. The molecule has 2 fully saturated rings. The van der Waals surface area contributed by atoms with Crippen LogP contribution in [0.2, 0.25) is 0 Å². The van der Waals surface area contributed by atoms with E-state index in [-0.39, 0.29) is 12.0 Å². The minimum atomic E-state index is -0.653. The molecule has 4 nitrogen and oxygen atoms in total. The summed E-state index contributed by atoms with van der Waals surface area (Å²) in [7, 11) is 0. The molecule has 0 radical (unpaired) electrons. The first-order valence-electron chi connectivity index (χ1n) is 8.96. The Balaban J connectivity index is 1.49. The van der Waals surface area contributed by atoms with Crippen molar-refractivity contribution >= 4 is 0 Å². The maximum absolute atomic E-state index is 10.7. The molecular weight excluding hydrogens is 304 g/mol. The summed E-state index contributed by atoms with van der Waals surface area (Å²) in [5.41, 5.74) is 1.12. The van der Waals surface area contributed by atoms with Gasteiger partial charge in [-0.05, 0) is 18.4 Å². The van der Waals surface area contributed by atoms with Crippen LogP contribution < -0.4 is 0 Å². The molecule has 1 saturated carbocycles.